The molecule has 1 saturated heterocycles. The summed E-state index contributed by atoms with van der Waals surface area (Å²) < 4.78 is 11.1. The molecule has 5 nitrogen and oxygen atoms in total. The number of carbonyl (C=O) groups is 1. The molecule has 24 heavy (non-hydrogen) atoms. The molecule has 0 radical (unpaired) electrons. The van der Waals surface area contributed by atoms with Gasteiger partial charge in [0.2, 0.25) is 0 Å². The van der Waals surface area contributed by atoms with Crippen molar-refractivity contribution >= 4 is 5.97 Å². The van der Waals surface area contributed by atoms with E-state index < -0.39 is 5.97 Å². The van der Waals surface area contributed by atoms with E-state index in [2.05, 4.69) is 11.8 Å². The summed E-state index contributed by atoms with van der Waals surface area (Å²) in [6.07, 6.45) is 4.98. The van der Waals surface area contributed by atoms with Gasteiger partial charge in [0, 0.05) is 25.3 Å². The second-order valence-corrected chi connectivity index (χ2v) is 7.32. The number of hydrogen-bond acceptors (Lipinski definition) is 4. The molecule has 3 atom stereocenters. The van der Waals surface area contributed by atoms with E-state index in [1.54, 1.807) is 0 Å². The Morgan fingerprint density at radius 3 is 2.92 bits per heavy atom. The summed E-state index contributed by atoms with van der Waals surface area (Å²) >= 11 is 0. The minimum Gasteiger partial charge on any atom is -0.482 e. The van der Waals surface area contributed by atoms with Gasteiger partial charge in [-0.05, 0) is 43.7 Å². The molecule has 2 aliphatic rings. The fraction of sp³-hybridized carbons (Fsp3) is 0.632. The molecule has 0 aromatic heterocycles. The zero-order valence-electron chi connectivity index (χ0n) is 14.5. The molecule has 0 bridgehead atoms. The Kier molecular flexibility index (Phi) is 5.11. The van der Waals surface area contributed by atoms with Crippen molar-refractivity contribution in [3.63, 3.8) is 0 Å². The molecule has 0 unspecified atom stereocenters. The molecule has 3 rings (SSSR count). The van der Waals surface area contributed by atoms with E-state index in [1.165, 1.54) is 6.42 Å². The lowest BCUT2D eigenvalue weighted by molar-refractivity contribution is -0.139. The highest BCUT2D eigenvalue weighted by Crippen LogP contribution is 2.47. The predicted octanol–water partition coefficient (Wildman–Crippen LogP) is 2.93. The van der Waals surface area contributed by atoms with E-state index in [-0.39, 0.29) is 6.61 Å². The van der Waals surface area contributed by atoms with E-state index in [4.69, 9.17) is 14.6 Å². The molecular weight excluding hydrogens is 306 g/mol. The Morgan fingerprint density at radius 1 is 1.38 bits per heavy atom. The number of para-hydroxylation sites is 1. The van der Waals surface area contributed by atoms with Gasteiger partial charge in [0.05, 0.1) is 6.10 Å². The minimum absolute atomic E-state index is 0.298. The van der Waals surface area contributed by atoms with Gasteiger partial charge >= 0.3 is 5.97 Å². The summed E-state index contributed by atoms with van der Waals surface area (Å²) in [5.41, 5.74) is 1.38. The molecule has 0 spiro atoms. The Bertz CT molecular complexity index is 590. The first-order valence-electron chi connectivity index (χ1n) is 8.71. The van der Waals surface area contributed by atoms with Crippen molar-refractivity contribution in [2.24, 2.45) is 5.41 Å². The van der Waals surface area contributed by atoms with Gasteiger partial charge in [-0.25, -0.2) is 4.79 Å². The number of aliphatic carboxylic acids is 1. The van der Waals surface area contributed by atoms with Crippen molar-refractivity contribution in [3.8, 4) is 5.75 Å². The third kappa shape index (κ3) is 3.57. The van der Waals surface area contributed by atoms with Gasteiger partial charge in [0.1, 0.15) is 5.75 Å². The van der Waals surface area contributed by atoms with Crippen LogP contribution in [0.3, 0.4) is 0 Å². The van der Waals surface area contributed by atoms with Crippen molar-refractivity contribution in [2.75, 3.05) is 20.3 Å². The highest BCUT2D eigenvalue weighted by atomic mass is 16.5. The lowest BCUT2D eigenvalue weighted by atomic mass is 9.71. The first-order valence-corrected chi connectivity index (χ1v) is 8.71. The summed E-state index contributed by atoms with van der Waals surface area (Å²) in [5, 5.41) is 8.84. The van der Waals surface area contributed by atoms with Crippen LogP contribution >= 0.6 is 0 Å². The lowest BCUT2D eigenvalue weighted by Crippen LogP contribution is -2.44. The van der Waals surface area contributed by atoms with Crippen LogP contribution in [0.4, 0.5) is 0 Å². The summed E-state index contributed by atoms with van der Waals surface area (Å²) in [6, 6.07) is 8.33. The first-order chi connectivity index (χ1) is 11.5. The van der Waals surface area contributed by atoms with Crippen LogP contribution in [0.5, 0.6) is 5.75 Å². The van der Waals surface area contributed by atoms with Crippen molar-refractivity contribution in [3.05, 3.63) is 29.8 Å². The van der Waals surface area contributed by atoms with Gasteiger partial charge in [0.25, 0.3) is 0 Å². The van der Waals surface area contributed by atoms with E-state index in [1.807, 2.05) is 31.4 Å². The fourth-order valence-corrected chi connectivity index (χ4v) is 4.42. The molecule has 1 N–H and O–H groups in total. The number of nitrogens with zero attached hydrogens (tertiary/aromatic N) is 1. The maximum Gasteiger partial charge on any atom is 0.341 e. The van der Waals surface area contributed by atoms with E-state index in [0.29, 0.717) is 23.3 Å². The number of benzene rings is 1. The number of methoxy groups -OCH3 is 1. The number of rotatable bonds is 6. The molecule has 0 amide bonds. The van der Waals surface area contributed by atoms with Gasteiger partial charge in [-0.1, -0.05) is 25.1 Å². The van der Waals surface area contributed by atoms with E-state index in [0.717, 1.165) is 37.9 Å². The zero-order valence-corrected chi connectivity index (χ0v) is 14.5. The number of carboxylic acid groups (broad SMARTS) is 1. The first kappa shape index (κ1) is 17.2. The SMILES string of the molecule is CO[C@@H]1CC[C@H]2N(Cc3ccccc3OCC(=O)O)CC[C@@]2(C)C1. The van der Waals surface area contributed by atoms with Crippen molar-refractivity contribution in [2.45, 2.75) is 51.3 Å². The monoisotopic (exact) mass is 333 g/mol. The number of carboxylic acids is 1. The normalized spacial score (nSPS) is 30.1. The molecule has 1 heterocycles. The highest BCUT2D eigenvalue weighted by Gasteiger charge is 2.47. The lowest BCUT2D eigenvalue weighted by Gasteiger charge is -2.42. The summed E-state index contributed by atoms with van der Waals surface area (Å²) in [5.74, 6) is -0.268. The quantitative estimate of drug-likeness (QED) is 0.867. The molecule has 1 aliphatic carbocycles. The smallest absolute Gasteiger partial charge is 0.341 e. The predicted molar refractivity (Wildman–Crippen MR) is 91.1 cm³/mol. The number of hydrogen-bond donors (Lipinski definition) is 1. The Balaban J connectivity index is 1.70. The van der Waals surface area contributed by atoms with Gasteiger partial charge in [-0.3, -0.25) is 4.90 Å². The second kappa shape index (κ2) is 7.11. The van der Waals surface area contributed by atoms with Crippen LogP contribution in [0.2, 0.25) is 0 Å². The van der Waals surface area contributed by atoms with Crippen LogP contribution in [0, 0.1) is 5.41 Å². The third-order valence-corrected chi connectivity index (χ3v) is 5.70. The van der Waals surface area contributed by atoms with E-state index >= 15 is 0 Å². The molecular formula is C19H27NO4. The van der Waals surface area contributed by atoms with E-state index in [9.17, 15) is 4.79 Å². The standard InChI is InChI=1S/C19H27NO4/c1-19-9-10-20(17(19)8-7-15(11-19)23-2)12-14-5-3-4-6-16(14)24-13-18(21)22/h3-6,15,17H,7-13H2,1-2H3,(H,21,22)/t15-,17-,19+/m1/s1. The summed E-state index contributed by atoms with van der Waals surface area (Å²) in [4.78, 5) is 13.3. The molecule has 5 heteroatoms. The van der Waals surface area contributed by atoms with Crippen LogP contribution in [0.15, 0.2) is 24.3 Å². The number of fused-ring (bicyclic) bond motifs is 1. The van der Waals surface area contributed by atoms with Crippen molar-refractivity contribution in [1.29, 1.82) is 0 Å². The minimum atomic E-state index is -0.948. The van der Waals surface area contributed by atoms with Crippen LogP contribution in [-0.4, -0.2) is 48.4 Å². The molecule has 132 valence electrons. The maximum atomic E-state index is 10.8. The number of ether oxygens (including phenoxy) is 2. The van der Waals surface area contributed by atoms with Crippen LogP contribution in [-0.2, 0) is 16.1 Å². The Morgan fingerprint density at radius 2 is 2.17 bits per heavy atom. The van der Waals surface area contributed by atoms with Gasteiger partial charge in [0.15, 0.2) is 6.61 Å². The van der Waals surface area contributed by atoms with Gasteiger partial charge in [-0.15, -0.1) is 0 Å². The molecule has 1 aliphatic heterocycles. The summed E-state index contributed by atoms with van der Waals surface area (Å²) in [6.45, 7) is 3.97. The third-order valence-electron chi connectivity index (χ3n) is 5.70. The average Bonchev–Trinajstić information content (AvgIpc) is 2.89. The van der Waals surface area contributed by atoms with Crippen LogP contribution < -0.4 is 4.74 Å². The van der Waals surface area contributed by atoms with Gasteiger partial charge in [-0.2, -0.15) is 0 Å². The highest BCUT2D eigenvalue weighted by molar-refractivity contribution is 5.68. The average molecular weight is 333 g/mol. The Hall–Kier alpha value is -1.59. The van der Waals surface area contributed by atoms with Crippen molar-refractivity contribution < 1.29 is 19.4 Å². The topological polar surface area (TPSA) is 59.0 Å². The maximum absolute atomic E-state index is 10.8. The van der Waals surface area contributed by atoms with Crippen LogP contribution in [0.1, 0.15) is 38.2 Å². The summed E-state index contributed by atoms with van der Waals surface area (Å²) in [7, 11) is 1.82. The second-order valence-electron chi connectivity index (χ2n) is 7.32. The molecule has 1 aromatic rings. The molecule has 1 saturated carbocycles. The molecule has 1 aromatic carbocycles. The largest absolute Gasteiger partial charge is 0.482 e. The van der Waals surface area contributed by atoms with Gasteiger partial charge < -0.3 is 14.6 Å². The van der Waals surface area contributed by atoms with Crippen LogP contribution in [0.25, 0.3) is 0 Å². The zero-order chi connectivity index (χ0) is 17.2. The van der Waals surface area contributed by atoms with Crippen molar-refractivity contribution in [1.82, 2.24) is 4.90 Å². The Labute approximate surface area is 143 Å². The fourth-order valence-electron chi connectivity index (χ4n) is 4.42. The number of likely N-dealkylation sites (tertiary alicyclic amines) is 1. The molecule has 2 fully saturated rings.